The maximum absolute atomic E-state index is 11.0. The van der Waals surface area contributed by atoms with E-state index in [-0.39, 0.29) is 11.8 Å². The summed E-state index contributed by atoms with van der Waals surface area (Å²) in [4.78, 5) is 11.0. The highest BCUT2D eigenvalue weighted by Gasteiger charge is 2.13. The molecule has 0 aliphatic carbocycles. The first kappa shape index (κ1) is 11.9. The summed E-state index contributed by atoms with van der Waals surface area (Å²) in [6.07, 6.45) is 2.89. The molecular weight excluding hydrogens is 166 g/mol. The van der Waals surface area contributed by atoms with Gasteiger partial charge in [0.1, 0.15) is 0 Å². The van der Waals surface area contributed by atoms with Crippen LogP contribution in [0.5, 0.6) is 0 Å². The topological polar surface area (TPSA) is 78.9 Å². The van der Waals surface area contributed by atoms with Crippen LogP contribution in [0.2, 0.25) is 0 Å². The fraction of sp³-hybridized carbons (Fsp3) is 0.778. The summed E-state index contributed by atoms with van der Waals surface area (Å²) in [6.45, 7) is 4.67. The Kier molecular flexibility index (Phi) is 5.90. The molecular formula is C9H17N3O. The van der Waals surface area contributed by atoms with Crippen LogP contribution in [0.15, 0.2) is 0 Å². The Morgan fingerprint density at radius 3 is 2.62 bits per heavy atom. The molecule has 0 rings (SSSR count). The largest absolute Gasteiger partial charge is 0.330 e. The molecule has 0 aromatic carbocycles. The van der Waals surface area contributed by atoms with Crippen LogP contribution < -0.4 is 11.1 Å². The van der Waals surface area contributed by atoms with Gasteiger partial charge < -0.3 is 5.73 Å². The van der Waals surface area contributed by atoms with E-state index in [1.165, 1.54) is 0 Å². The number of nitrogens with two attached hydrogens (primary N) is 1. The average Bonchev–Trinajstić information content (AvgIpc) is 2.02. The molecule has 3 N–H and O–H groups in total. The van der Waals surface area contributed by atoms with E-state index in [9.17, 15) is 4.79 Å². The summed E-state index contributed by atoms with van der Waals surface area (Å²) in [6, 6.07) is 0. The van der Waals surface area contributed by atoms with Gasteiger partial charge in [-0.15, -0.1) is 0 Å². The number of carbonyl (C=O) groups excluding carboxylic acids is 1. The molecule has 0 aromatic heterocycles. The van der Waals surface area contributed by atoms with Crippen LogP contribution >= 0.6 is 0 Å². The van der Waals surface area contributed by atoms with E-state index in [0.29, 0.717) is 18.9 Å². The number of nitrogens with one attached hydrogen (secondary N) is 1. The molecule has 4 heteroatoms. The van der Waals surface area contributed by atoms with E-state index >= 15 is 0 Å². The minimum absolute atomic E-state index is 0.188. The van der Waals surface area contributed by atoms with Crippen LogP contribution in [-0.2, 0) is 4.79 Å². The van der Waals surface area contributed by atoms with Crippen LogP contribution in [-0.4, -0.2) is 12.5 Å². The first-order chi connectivity index (χ1) is 6.10. The summed E-state index contributed by atoms with van der Waals surface area (Å²) in [5, 5.41) is 10.3. The number of nitriles is 1. The van der Waals surface area contributed by atoms with Crippen LogP contribution in [0.1, 0.15) is 26.7 Å². The molecule has 0 heterocycles. The van der Waals surface area contributed by atoms with Gasteiger partial charge in [-0.1, -0.05) is 13.8 Å². The van der Waals surface area contributed by atoms with Gasteiger partial charge in [0.25, 0.3) is 0 Å². The highest BCUT2D eigenvalue weighted by Crippen LogP contribution is 2.13. The molecule has 0 aliphatic rings. The Morgan fingerprint density at radius 1 is 1.62 bits per heavy atom. The summed E-state index contributed by atoms with van der Waals surface area (Å²) in [7, 11) is 0. The fourth-order valence-corrected chi connectivity index (χ4v) is 1.31. The maximum Gasteiger partial charge on any atom is 0.233 e. The van der Waals surface area contributed by atoms with Gasteiger partial charge in [0.05, 0.1) is 0 Å². The normalized spacial score (nSPS) is 12.2. The standard InChI is InChI=1S/C9H17N3O/c1-7(2)3-8(5-10)4-9(13)12-6-11/h7-8H,3-5,10H2,1-2H3,(H,12,13)/t8-/m0/s1. The van der Waals surface area contributed by atoms with Crippen molar-refractivity contribution in [3.63, 3.8) is 0 Å². The Hall–Kier alpha value is -1.08. The van der Waals surface area contributed by atoms with Gasteiger partial charge in [0.2, 0.25) is 5.91 Å². The van der Waals surface area contributed by atoms with Crippen LogP contribution in [0.3, 0.4) is 0 Å². The molecule has 0 unspecified atom stereocenters. The average molecular weight is 183 g/mol. The van der Waals surface area contributed by atoms with Gasteiger partial charge >= 0.3 is 0 Å². The molecule has 74 valence electrons. The van der Waals surface area contributed by atoms with Crippen molar-refractivity contribution >= 4 is 5.91 Å². The molecule has 0 spiro atoms. The Morgan fingerprint density at radius 2 is 2.23 bits per heavy atom. The summed E-state index contributed by atoms with van der Waals surface area (Å²) in [5.41, 5.74) is 5.50. The molecule has 0 aromatic rings. The molecule has 13 heavy (non-hydrogen) atoms. The number of rotatable bonds is 5. The van der Waals surface area contributed by atoms with Crippen LogP contribution in [0.4, 0.5) is 0 Å². The van der Waals surface area contributed by atoms with E-state index in [1.54, 1.807) is 6.19 Å². The maximum atomic E-state index is 11.0. The highest BCUT2D eigenvalue weighted by molar-refractivity contribution is 5.77. The Labute approximate surface area is 79.1 Å². The number of hydrogen-bond donors (Lipinski definition) is 2. The van der Waals surface area contributed by atoms with Crippen molar-refractivity contribution in [3.8, 4) is 6.19 Å². The first-order valence-electron chi connectivity index (χ1n) is 4.48. The number of amides is 1. The lowest BCUT2D eigenvalue weighted by molar-refractivity contribution is -0.120. The molecule has 4 nitrogen and oxygen atoms in total. The number of nitrogens with zero attached hydrogens (tertiary/aromatic N) is 1. The number of hydrogen-bond acceptors (Lipinski definition) is 3. The van der Waals surface area contributed by atoms with Crippen molar-refractivity contribution in [2.75, 3.05) is 6.54 Å². The quantitative estimate of drug-likeness (QED) is 0.483. The third-order valence-corrected chi connectivity index (χ3v) is 1.81. The van der Waals surface area contributed by atoms with Gasteiger partial charge in [0.15, 0.2) is 6.19 Å². The lowest BCUT2D eigenvalue weighted by atomic mass is 9.94. The predicted octanol–water partition coefficient (Wildman–Crippen LogP) is 0.595. The van der Waals surface area contributed by atoms with Crippen molar-refractivity contribution in [2.45, 2.75) is 26.7 Å². The van der Waals surface area contributed by atoms with Crippen LogP contribution in [0.25, 0.3) is 0 Å². The van der Waals surface area contributed by atoms with Crippen molar-refractivity contribution < 1.29 is 4.79 Å². The van der Waals surface area contributed by atoms with Gasteiger partial charge in [-0.05, 0) is 24.8 Å². The monoisotopic (exact) mass is 183 g/mol. The third-order valence-electron chi connectivity index (χ3n) is 1.81. The molecule has 0 saturated carbocycles. The zero-order valence-corrected chi connectivity index (χ0v) is 8.21. The minimum Gasteiger partial charge on any atom is -0.330 e. The second-order valence-electron chi connectivity index (χ2n) is 3.60. The zero-order chi connectivity index (χ0) is 10.3. The lowest BCUT2D eigenvalue weighted by Crippen LogP contribution is -2.25. The predicted molar refractivity (Wildman–Crippen MR) is 50.4 cm³/mol. The number of carbonyl (C=O) groups is 1. The van der Waals surface area contributed by atoms with E-state index in [2.05, 4.69) is 19.2 Å². The van der Waals surface area contributed by atoms with Gasteiger partial charge in [0, 0.05) is 6.42 Å². The van der Waals surface area contributed by atoms with Gasteiger partial charge in [-0.3, -0.25) is 10.1 Å². The molecule has 1 atom stereocenters. The molecule has 0 aliphatic heterocycles. The molecule has 0 saturated heterocycles. The summed E-state index contributed by atoms with van der Waals surface area (Å²) >= 11 is 0. The van der Waals surface area contributed by atoms with E-state index in [4.69, 9.17) is 11.0 Å². The van der Waals surface area contributed by atoms with Crippen molar-refractivity contribution in [2.24, 2.45) is 17.6 Å². The molecule has 0 fully saturated rings. The van der Waals surface area contributed by atoms with E-state index in [1.807, 2.05) is 0 Å². The van der Waals surface area contributed by atoms with Crippen molar-refractivity contribution in [1.29, 1.82) is 5.26 Å². The Balaban J connectivity index is 3.84. The summed E-state index contributed by atoms with van der Waals surface area (Å²) in [5.74, 6) is 0.482. The van der Waals surface area contributed by atoms with Crippen molar-refractivity contribution in [3.05, 3.63) is 0 Å². The van der Waals surface area contributed by atoms with Gasteiger partial charge in [-0.2, -0.15) is 5.26 Å². The smallest absolute Gasteiger partial charge is 0.233 e. The molecule has 0 radical (unpaired) electrons. The second-order valence-corrected chi connectivity index (χ2v) is 3.60. The molecule has 0 bridgehead atoms. The highest BCUT2D eigenvalue weighted by atomic mass is 16.1. The SMILES string of the molecule is CC(C)C[C@H](CN)CC(=O)NC#N. The lowest BCUT2D eigenvalue weighted by Gasteiger charge is -2.15. The minimum atomic E-state index is -0.237. The summed E-state index contributed by atoms with van der Waals surface area (Å²) < 4.78 is 0. The van der Waals surface area contributed by atoms with Crippen molar-refractivity contribution in [1.82, 2.24) is 5.32 Å². The zero-order valence-electron chi connectivity index (χ0n) is 8.21. The third kappa shape index (κ3) is 6.12. The van der Waals surface area contributed by atoms with E-state index < -0.39 is 0 Å². The van der Waals surface area contributed by atoms with Gasteiger partial charge in [-0.25, -0.2) is 0 Å². The molecule has 1 amide bonds. The van der Waals surface area contributed by atoms with Crippen LogP contribution in [0, 0.1) is 23.3 Å². The van der Waals surface area contributed by atoms with E-state index in [0.717, 1.165) is 6.42 Å². The second kappa shape index (κ2) is 6.44. The first-order valence-corrected chi connectivity index (χ1v) is 4.48. The Bertz CT molecular complexity index is 196. The fourth-order valence-electron chi connectivity index (χ4n) is 1.31.